The lowest BCUT2D eigenvalue weighted by atomic mass is 10.1. The van der Waals surface area contributed by atoms with Gasteiger partial charge in [-0.05, 0) is 38.1 Å². The Morgan fingerprint density at radius 3 is 2.42 bits per heavy atom. The van der Waals surface area contributed by atoms with Crippen LogP contribution in [0.4, 0.5) is 11.4 Å². The van der Waals surface area contributed by atoms with Crippen LogP contribution >= 0.6 is 0 Å². The first-order chi connectivity index (χ1) is 12.4. The lowest BCUT2D eigenvalue weighted by Crippen LogP contribution is -2.23. The van der Waals surface area contributed by atoms with Crippen molar-refractivity contribution >= 4 is 29.0 Å². The normalized spacial score (nSPS) is 15.3. The van der Waals surface area contributed by atoms with Gasteiger partial charge in [0.1, 0.15) is 0 Å². The van der Waals surface area contributed by atoms with Gasteiger partial charge in [-0.25, -0.2) is 4.79 Å². The highest BCUT2D eigenvalue weighted by Crippen LogP contribution is 2.26. The molecule has 0 spiro atoms. The number of hydrogen-bond donors (Lipinski definition) is 1. The van der Waals surface area contributed by atoms with Crippen LogP contribution in [0.3, 0.4) is 0 Å². The molecule has 3 rings (SSSR count). The molecule has 0 saturated heterocycles. The predicted octanol–water partition coefficient (Wildman–Crippen LogP) is 3.44. The summed E-state index contributed by atoms with van der Waals surface area (Å²) < 4.78 is 0. The highest BCUT2D eigenvalue weighted by atomic mass is 16.4. The average molecular weight is 349 g/mol. The maximum atomic E-state index is 12.8. The highest BCUT2D eigenvalue weighted by molar-refractivity contribution is 6.29. The molecule has 1 N–H and O–H groups in total. The number of anilines is 2. The minimum Gasteiger partial charge on any atom is -0.478 e. The first-order valence-electron chi connectivity index (χ1n) is 8.12. The van der Waals surface area contributed by atoms with Crippen molar-refractivity contribution in [3.8, 4) is 0 Å². The van der Waals surface area contributed by atoms with Crippen LogP contribution < -0.4 is 9.91 Å². The minimum atomic E-state index is -1.02. The third kappa shape index (κ3) is 3.21. The SMILES string of the molecule is CC1=NN(c2ccc(C)cc2)C(=O)/C1=C\N(C)c1ccccc1C(=O)O. The second kappa shape index (κ2) is 6.84. The summed E-state index contributed by atoms with van der Waals surface area (Å²) in [6.45, 7) is 3.74. The van der Waals surface area contributed by atoms with Gasteiger partial charge in [-0.1, -0.05) is 29.8 Å². The third-order valence-corrected chi connectivity index (χ3v) is 4.18. The van der Waals surface area contributed by atoms with Crippen LogP contribution in [-0.4, -0.2) is 29.7 Å². The Bertz CT molecular complexity index is 930. The molecule has 1 amide bonds. The van der Waals surface area contributed by atoms with Crippen molar-refractivity contribution in [2.24, 2.45) is 5.10 Å². The molecule has 1 aliphatic heterocycles. The number of hydrogen-bond acceptors (Lipinski definition) is 4. The minimum absolute atomic E-state index is 0.169. The van der Waals surface area contributed by atoms with Crippen LogP contribution in [0.25, 0.3) is 0 Å². The third-order valence-electron chi connectivity index (χ3n) is 4.18. The van der Waals surface area contributed by atoms with Gasteiger partial charge in [0.25, 0.3) is 5.91 Å². The Morgan fingerprint density at radius 2 is 1.77 bits per heavy atom. The highest BCUT2D eigenvalue weighted by Gasteiger charge is 2.29. The Hall–Kier alpha value is -3.41. The van der Waals surface area contributed by atoms with Crippen molar-refractivity contribution in [1.82, 2.24) is 0 Å². The zero-order valence-corrected chi connectivity index (χ0v) is 14.8. The molecule has 0 radical (unpaired) electrons. The fraction of sp³-hybridized carbons (Fsp3) is 0.150. The number of hydrazone groups is 1. The largest absolute Gasteiger partial charge is 0.478 e. The van der Waals surface area contributed by atoms with Gasteiger partial charge in [0.15, 0.2) is 0 Å². The van der Waals surface area contributed by atoms with Crippen molar-refractivity contribution in [3.05, 3.63) is 71.4 Å². The van der Waals surface area contributed by atoms with Crippen LogP contribution in [-0.2, 0) is 4.79 Å². The fourth-order valence-corrected chi connectivity index (χ4v) is 2.75. The first kappa shape index (κ1) is 17.4. The van der Waals surface area contributed by atoms with Gasteiger partial charge in [0.2, 0.25) is 0 Å². The van der Waals surface area contributed by atoms with Crippen LogP contribution in [0.1, 0.15) is 22.8 Å². The molecule has 26 heavy (non-hydrogen) atoms. The Labute approximate surface area is 151 Å². The van der Waals surface area contributed by atoms with Crippen LogP contribution in [0.2, 0.25) is 0 Å². The molecule has 0 aliphatic carbocycles. The number of carboxylic acids is 1. The van der Waals surface area contributed by atoms with Crippen molar-refractivity contribution in [3.63, 3.8) is 0 Å². The van der Waals surface area contributed by atoms with E-state index in [1.54, 1.807) is 43.3 Å². The van der Waals surface area contributed by atoms with Gasteiger partial charge in [0, 0.05) is 13.2 Å². The molecule has 0 fully saturated rings. The molecule has 1 aliphatic rings. The molecule has 2 aromatic carbocycles. The van der Waals surface area contributed by atoms with Crippen LogP contribution in [0.15, 0.2) is 65.4 Å². The van der Waals surface area contributed by atoms with Gasteiger partial charge in [-0.15, -0.1) is 0 Å². The van der Waals surface area contributed by atoms with Gasteiger partial charge >= 0.3 is 5.97 Å². The summed E-state index contributed by atoms with van der Waals surface area (Å²) in [5.74, 6) is -1.26. The summed E-state index contributed by atoms with van der Waals surface area (Å²) in [5.41, 5.74) is 3.46. The topological polar surface area (TPSA) is 73.2 Å². The van der Waals surface area contributed by atoms with E-state index in [1.165, 1.54) is 11.1 Å². The summed E-state index contributed by atoms with van der Waals surface area (Å²) in [6, 6.07) is 14.2. The van der Waals surface area contributed by atoms with E-state index in [0.717, 1.165) is 5.56 Å². The molecule has 6 heteroatoms. The molecule has 0 aromatic heterocycles. The second-order valence-electron chi connectivity index (χ2n) is 6.11. The lowest BCUT2D eigenvalue weighted by molar-refractivity contribution is -0.114. The summed E-state index contributed by atoms with van der Waals surface area (Å²) >= 11 is 0. The fourth-order valence-electron chi connectivity index (χ4n) is 2.75. The molecule has 0 atom stereocenters. The number of carboxylic acid groups (broad SMARTS) is 1. The molecule has 132 valence electrons. The smallest absolute Gasteiger partial charge is 0.337 e. The Balaban J connectivity index is 1.92. The molecule has 2 aromatic rings. The number of aryl methyl sites for hydroxylation is 1. The maximum absolute atomic E-state index is 12.8. The van der Waals surface area contributed by atoms with Crippen molar-refractivity contribution < 1.29 is 14.7 Å². The number of rotatable bonds is 4. The van der Waals surface area contributed by atoms with Crippen LogP contribution in [0.5, 0.6) is 0 Å². The molecule has 0 bridgehead atoms. The Morgan fingerprint density at radius 1 is 1.12 bits per heavy atom. The number of amides is 1. The standard InChI is InChI=1S/C20H19N3O3/c1-13-8-10-15(11-9-13)23-19(24)17(14(2)21-23)12-22(3)18-7-5-4-6-16(18)20(25)26/h4-12H,1-3H3,(H,25,26)/b17-12-. The number of aromatic carboxylic acids is 1. The van der Waals surface area contributed by atoms with Gasteiger partial charge in [0.05, 0.1) is 28.2 Å². The van der Waals surface area contributed by atoms with Crippen molar-refractivity contribution in [2.75, 3.05) is 17.0 Å². The number of nitrogens with zero attached hydrogens (tertiary/aromatic N) is 3. The molecule has 0 saturated carbocycles. The van der Waals surface area contributed by atoms with E-state index >= 15 is 0 Å². The van der Waals surface area contributed by atoms with Crippen LogP contribution in [0, 0.1) is 6.92 Å². The van der Waals surface area contributed by atoms with Crippen molar-refractivity contribution in [2.45, 2.75) is 13.8 Å². The zero-order chi connectivity index (χ0) is 18.8. The summed E-state index contributed by atoms with van der Waals surface area (Å²) in [4.78, 5) is 25.8. The first-order valence-corrected chi connectivity index (χ1v) is 8.12. The van der Waals surface area contributed by atoms with E-state index in [9.17, 15) is 14.7 Å². The number of carbonyl (C=O) groups is 2. The molecule has 6 nitrogen and oxygen atoms in total. The molecular formula is C20H19N3O3. The predicted molar refractivity (Wildman–Crippen MR) is 102 cm³/mol. The van der Waals surface area contributed by atoms with Gasteiger partial charge in [-0.2, -0.15) is 10.1 Å². The van der Waals surface area contributed by atoms with E-state index < -0.39 is 5.97 Å². The van der Waals surface area contributed by atoms with E-state index in [1.807, 2.05) is 31.2 Å². The summed E-state index contributed by atoms with van der Waals surface area (Å²) in [7, 11) is 1.71. The maximum Gasteiger partial charge on any atom is 0.337 e. The summed E-state index contributed by atoms with van der Waals surface area (Å²) in [5, 5.41) is 15.0. The molecule has 0 unspecified atom stereocenters. The Kier molecular flexibility index (Phi) is 4.58. The summed E-state index contributed by atoms with van der Waals surface area (Å²) in [6.07, 6.45) is 1.62. The van der Waals surface area contributed by atoms with Gasteiger partial charge < -0.3 is 10.0 Å². The van der Waals surface area contributed by atoms with E-state index in [4.69, 9.17) is 0 Å². The monoisotopic (exact) mass is 349 g/mol. The van der Waals surface area contributed by atoms with Crippen molar-refractivity contribution in [1.29, 1.82) is 0 Å². The van der Waals surface area contributed by atoms with Gasteiger partial charge in [-0.3, -0.25) is 4.79 Å². The van der Waals surface area contributed by atoms with E-state index in [0.29, 0.717) is 22.7 Å². The van der Waals surface area contributed by atoms with E-state index in [-0.39, 0.29) is 11.5 Å². The average Bonchev–Trinajstić information content (AvgIpc) is 2.90. The lowest BCUT2D eigenvalue weighted by Gasteiger charge is -2.18. The second-order valence-corrected chi connectivity index (χ2v) is 6.11. The number of carbonyl (C=O) groups excluding carboxylic acids is 1. The quantitative estimate of drug-likeness (QED) is 0.858. The number of para-hydroxylation sites is 1. The molecule has 1 heterocycles. The van der Waals surface area contributed by atoms with E-state index in [2.05, 4.69) is 5.10 Å². The molecular weight excluding hydrogens is 330 g/mol. The zero-order valence-electron chi connectivity index (χ0n) is 14.8. The number of benzene rings is 2.